The van der Waals surface area contributed by atoms with E-state index in [0.29, 0.717) is 5.01 Å². The van der Waals surface area contributed by atoms with Gasteiger partial charge in [0, 0.05) is 22.9 Å². The number of Topliss-reactive ketones (excluding diaryl/α,β-unsaturated/α-hetero) is 1. The summed E-state index contributed by atoms with van der Waals surface area (Å²) in [6.45, 7) is 4.82. The van der Waals surface area contributed by atoms with Crippen LogP contribution in [0, 0.1) is 12.7 Å². The highest BCUT2D eigenvalue weighted by molar-refractivity contribution is 7.09. The Morgan fingerprint density at radius 1 is 1.18 bits per heavy atom. The molecule has 1 atom stereocenters. The highest BCUT2D eigenvalue weighted by Crippen LogP contribution is 2.43. The summed E-state index contributed by atoms with van der Waals surface area (Å²) in [5, 5.41) is 12.7. The Labute approximate surface area is 202 Å². The minimum Gasteiger partial charge on any atom is -0.375 e. The number of hydrogen-bond donors (Lipinski definition) is 2. The second-order valence-electron chi connectivity index (χ2n) is 8.51. The van der Waals surface area contributed by atoms with Crippen molar-refractivity contribution in [2.75, 3.05) is 0 Å². The number of halogens is 5. The fraction of sp³-hybridized carbons (Fsp3) is 0.348. The van der Waals surface area contributed by atoms with E-state index in [-0.39, 0.29) is 27.5 Å². The first-order valence-corrected chi connectivity index (χ1v) is 11.4. The number of benzene rings is 1. The quantitative estimate of drug-likeness (QED) is 0.301. The van der Waals surface area contributed by atoms with E-state index < -0.39 is 47.5 Å². The van der Waals surface area contributed by atoms with Gasteiger partial charge in [-0.2, -0.15) is 13.2 Å². The number of alkyl halides is 3. The third-order valence-electron chi connectivity index (χ3n) is 5.30. The van der Waals surface area contributed by atoms with Gasteiger partial charge >= 0.3 is 6.18 Å². The van der Waals surface area contributed by atoms with Gasteiger partial charge in [-0.3, -0.25) is 4.79 Å². The fourth-order valence-electron chi connectivity index (χ4n) is 3.25. The van der Waals surface area contributed by atoms with Crippen molar-refractivity contribution in [2.24, 2.45) is 5.73 Å². The second kappa shape index (κ2) is 9.33. The molecule has 0 aliphatic rings. The molecule has 0 radical (unpaired) electrons. The summed E-state index contributed by atoms with van der Waals surface area (Å²) in [5.74, 6) is -1.34. The van der Waals surface area contributed by atoms with E-state index >= 15 is 0 Å². The molecule has 3 N–H and O–H groups in total. The maximum Gasteiger partial charge on any atom is 0.422 e. The van der Waals surface area contributed by atoms with Crippen molar-refractivity contribution in [1.82, 2.24) is 9.97 Å². The SMILES string of the molecule is Cc1nc(C(=O)CCC(O)(c2cc(C(C)(C)N)cc(-c3ccc(F)c(Cl)c3)n2)C(F)(F)F)cs1. The molecule has 0 bridgehead atoms. The minimum absolute atomic E-state index is 0.0112. The van der Waals surface area contributed by atoms with E-state index in [0.717, 1.165) is 12.1 Å². The van der Waals surface area contributed by atoms with E-state index in [1.165, 1.54) is 34.9 Å². The van der Waals surface area contributed by atoms with E-state index in [9.17, 15) is 27.5 Å². The van der Waals surface area contributed by atoms with Crippen LogP contribution in [0.5, 0.6) is 0 Å². The molecule has 0 aliphatic heterocycles. The molecule has 5 nitrogen and oxygen atoms in total. The lowest BCUT2D eigenvalue weighted by molar-refractivity contribution is -0.270. The number of carbonyl (C=O) groups is 1. The molecular formula is C23H22ClF4N3O2S. The lowest BCUT2D eigenvalue weighted by atomic mass is 9.86. The normalized spacial score (nSPS) is 14.2. The number of nitrogens with zero attached hydrogens (tertiary/aromatic N) is 2. The predicted octanol–water partition coefficient (Wildman–Crippen LogP) is 5.91. The van der Waals surface area contributed by atoms with Gasteiger partial charge in [0.2, 0.25) is 5.60 Å². The van der Waals surface area contributed by atoms with Crippen LogP contribution < -0.4 is 5.73 Å². The van der Waals surface area contributed by atoms with Gasteiger partial charge in [-0.25, -0.2) is 14.4 Å². The first kappa shape index (κ1) is 26.2. The Morgan fingerprint density at radius 3 is 2.38 bits per heavy atom. The van der Waals surface area contributed by atoms with Gasteiger partial charge in [-0.05, 0) is 63.1 Å². The molecule has 34 heavy (non-hydrogen) atoms. The van der Waals surface area contributed by atoms with Crippen molar-refractivity contribution in [1.29, 1.82) is 0 Å². The van der Waals surface area contributed by atoms with E-state index in [2.05, 4.69) is 9.97 Å². The standard InChI is InChI=1S/C23H22ClF4N3O2S/c1-12-30-18(11-34-12)19(32)6-7-22(33,23(26,27)28)20-10-14(21(2,3)29)9-17(31-20)13-4-5-16(25)15(24)8-13/h4-5,8-11,33H,6-7,29H2,1-3H3. The maximum atomic E-state index is 14.2. The van der Waals surface area contributed by atoms with Gasteiger partial charge in [0.05, 0.1) is 21.4 Å². The Balaban J connectivity index is 2.10. The molecule has 0 saturated heterocycles. The smallest absolute Gasteiger partial charge is 0.375 e. The first-order valence-electron chi connectivity index (χ1n) is 10.1. The molecular weight excluding hydrogens is 494 g/mol. The van der Waals surface area contributed by atoms with Crippen molar-refractivity contribution in [3.8, 4) is 11.3 Å². The number of aromatic nitrogens is 2. The first-order chi connectivity index (χ1) is 15.6. The van der Waals surface area contributed by atoms with E-state index in [1.807, 2.05) is 0 Å². The Kier molecular flexibility index (Phi) is 7.19. The van der Waals surface area contributed by atoms with E-state index in [1.54, 1.807) is 20.8 Å². The van der Waals surface area contributed by atoms with Crippen LogP contribution in [-0.4, -0.2) is 27.0 Å². The zero-order valence-corrected chi connectivity index (χ0v) is 20.1. The largest absolute Gasteiger partial charge is 0.422 e. The molecule has 1 aromatic carbocycles. The van der Waals surface area contributed by atoms with E-state index in [4.69, 9.17) is 17.3 Å². The molecule has 0 saturated carbocycles. The molecule has 3 rings (SSSR count). The van der Waals surface area contributed by atoms with Crippen molar-refractivity contribution in [3.05, 3.63) is 68.5 Å². The van der Waals surface area contributed by atoms with Gasteiger partial charge in [0.1, 0.15) is 11.5 Å². The number of thiazole rings is 1. The van der Waals surface area contributed by atoms with Gasteiger partial charge in [-0.1, -0.05) is 11.6 Å². The molecule has 11 heteroatoms. The summed E-state index contributed by atoms with van der Waals surface area (Å²) in [7, 11) is 0. The third-order valence-corrected chi connectivity index (χ3v) is 6.36. The third kappa shape index (κ3) is 5.46. The van der Waals surface area contributed by atoms with Crippen LogP contribution in [0.3, 0.4) is 0 Å². The van der Waals surface area contributed by atoms with Crippen molar-refractivity contribution < 1.29 is 27.5 Å². The summed E-state index contributed by atoms with van der Waals surface area (Å²) in [4.78, 5) is 20.5. The number of aryl methyl sites for hydroxylation is 1. The van der Waals surface area contributed by atoms with Crippen LogP contribution in [0.1, 0.15) is 53.4 Å². The molecule has 0 fully saturated rings. The Bertz CT molecular complexity index is 1220. The molecule has 2 heterocycles. The number of ketones is 1. The summed E-state index contributed by atoms with van der Waals surface area (Å²) < 4.78 is 56.3. The summed E-state index contributed by atoms with van der Waals surface area (Å²) in [6, 6.07) is 6.11. The maximum absolute atomic E-state index is 14.2. The number of hydrogen-bond acceptors (Lipinski definition) is 6. The highest BCUT2D eigenvalue weighted by atomic mass is 35.5. The molecule has 182 valence electrons. The molecule has 0 amide bonds. The van der Waals surface area contributed by atoms with Crippen LogP contribution in [0.15, 0.2) is 35.7 Å². The van der Waals surface area contributed by atoms with Crippen LogP contribution in [-0.2, 0) is 11.1 Å². The summed E-state index contributed by atoms with van der Waals surface area (Å²) in [6.07, 6.45) is -6.75. The molecule has 0 spiro atoms. The van der Waals surface area contributed by atoms with Crippen LogP contribution in [0.25, 0.3) is 11.3 Å². The number of aliphatic hydroxyl groups is 1. The number of rotatable bonds is 7. The van der Waals surface area contributed by atoms with Crippen LogP contribution >= 0.6 is 22.9 Å². The Hall–Kier alpha value is -2.40. The highest BCUT2D eigenvalue weighted by Gasteiger charge is 2.56. The second-order valence-corrected chi connectivity index (χ2v) is 9.98. The van der Waals surface area contributed by atoms with Crippen molar-refractivity contribution in [3.63, 3.8) is 0 Å². The molecule has 1 unspecified atom stereocenters. The number of carbonyl (C=O) groups excluding carboxylic acids is 1. The topological polar surface area (TPSA) is 89.1 Å². The number of pyridine rings is 1. The monoisotopic (exact) mass is 515 g/mol. The summed E-state index contributed by atoms with van der Waals surface area (Å²) in [5.41, 5.74) is 1.39. The lowest BCUT2D eigenvalue weighted by Gasteiger charge is -2.31. The van der Waals surface area contributed by atoms with Gasteiger partial charge < -0.3 is 10.8 Å². The average molecular weight is 516 g/mol. The van der Waals surface area contributed by atoms with Crippen molar-refractivity contribution in [2.45, 2.75) is 50.9 Å². The number of nitrogens with two attached hydrogens (primary N) is 1. The van der Waals surface area contributed by atoms with Gasteiger partial charge in [0.15, 0.2) is 5.78 Å². The van der Waals surface area contributed by atoms with Gasteiger partial charge in [-0.15, -0.1) is 11.3 Å². The molecule has 2 aromatic heterocycles. The van der Waals surface area contributed by atoms with Crippen molar-refractivity contribution >= 4 is 28.7 Å². The lowest BCUT2D eigenvalue weighted by Crippen LogP contribution is -2.44. The minimum atomic E-state index is -5.16. The fourth-order valence-corrected chi connectivity index (χ4v) is 4.04. The summed E-state index contributed by atoms with van der Waals surface area (Å²) >= 11 is 7.03. The average Bonchev–Trinajstić information content (AvgIpc) is 3.18. The molecule has 3 aromatic rings. The van der Waals surface area contributed by atoms with Crippen LogP contribution in [0.4, 0.5) is 17.6 Å². The Morgan fingerprint density at radius 2 is 1.85 bits per heavy atom. The predicted molar refractivity (Wildman–Crippen MR) is 122 cm³/mol. The zero-order valence-electron chi connectivity index (χ0n) is 18.5. The van der Waals surface area contributed by atoms with Gasteiger partial charge in [0.25, 0.3) is 0 Å². The molecule has 0 aliphatic carbocycles. The van der Waals surface area contributed by atoms with Crippen LogP contribution in [0.2, 0.25) is 5.02 Å². The zero-order chi connectivity index (χ0) is 25.5.